The summed E-state index contributed by atoms with van der Waals surface area (Å²) >= 11 is 0. The molecule has 0 fully saturated rings. The van der Waals surface area contributed by atoms with Crippen molar-refractivity contribution in [2.24, 2.45) is 0 Å². The first-order chi connectivity index (χ1) is 12.6. The van der Waals surface area contributed by atoms with Gasteiger partial charge in [0.25, 0.3) is 0 Å². The quantitative estimate of drug-likeness (QED) is 0.330. The fourth-order valence-corrected chi connectivity index (χ4v) is 1.87. The SMILES string of the molecule is CCOC(=O)Nc1ccc(NCc2ccc(F)cc2)cc1N.O=P(O)(O)O. The molecule has 27 heavy (non-hydrogen) atoms. The van der Waals surface area contributed by atoms with Crippen LogP contribution in [0.15, 0.2) is 42.5 Å². The lowest BCUT2D eigenvalue weighted by Gasteiger charge is -2.11. The fourth-order valence-electron chi connectivity index (χ4n) is 1.87. The van der Waals surface area contributed by atoms with Crippen molar-refractivity contribution < 1.29 is 33.2 Å². The number of nitrogens with two attached hydrogens (primary N) is 1. The zero-order chi connectivity index (χ0) is 20.4. The van der Waals surface area contributed by atoms with Gasteiger partial charge in [-0.2, -0.15) is 0 Å². The van der Waals surface area contributed by atoms with Crippen LogP contribution in [0, 0.1) is 5.82 Å². The molecule has 0 aliphatic rings. The molecule has 0 saturated heterocycles. The Kier molecular flexibility index (Phi) is 8.70. The molecule has 0 heterocycles. The smallest absolute Gasteiger partial charge is 0.450 e. The number of anilines is 3. The number of benzene rings is 2. The number of ether oxygens (including phenoxy) is 1. The molecular formula is C16H21FN3O6P. The van der Waals surface area contributed by atoms with Gasteiger partial charge in [0.2, 0.25) is 0 Å². The second-order valence-corrected chi connectivity index (χ2v) is 6.17. The Balaban J connectivity index is 0.000000646. The van der Waals surface area contributed by atoms with E-state index in [1.165, 1.54) is 12.1 Å². The maximum Gasteiger partial charge on any atom is 0.466 e. The molecule has 0 saturated carbocycles. The van der Waals surface area contributed by atoms with Crippen molar-refractivity contribution in [1.29, 1.82) is 0 Å². The largest absolute Gasteiger partial charge is 0.466 e. The van der Waals surface area contributed by atoms with E-state index in [-0.39, 0.29) is 5.82 Å². The molecular weight excluding hydrogens is 380 g/mol. The molecule has 0 radical (unpaired) electrons. The maximum atomic E-state index is 12.8. The van der Waals surface area contributed by atoms with Crippen LogP contribution in [0.3, 0.4) is 0 Å². The molecule has 11 heteroatoms. The molecule has 9 nitrogen and oxygen atoms in total. The third kappa shape index (κ3) is 10.2. The van der Waals surface area contributed by atoms with Crippen molar-refractivity contribution in [3.05, 3.63) is 53.8 Å². The first kappa shape index (κ1) is 22.4. The molecule has 7 N–H and O–H groups in total. The van der Waals surface area contributed by atoms with Crippen LogP contribution in [0.25, 0.3) is 0 Å². The lowest BCUT2D eigenvalue weighted by Crippen LogP contribution is -2.14. The molecule has 0 aromatic heterocycles. The van der Waals surface area contributed by atoms with Crippen molar-refractivity contribution >= 4 is 31.0 Å². The minimum Gasteiger partial charge on any atom is -0.450 e. The van der Waals surface area contributed by atoms with Crippen LogP contribution in [0.5, 0.6) is 0 Å². The van der Waals surface area contributed by atoms with Crippen LogP contribution in [-0.4, -0.2) is 27.4 Å². The summed E-state index contributed by atoms with van der Waals surface area (Å²) in [6, 6.07) is 11.5. The van der Waals surface area contributed by atoms with Gasteiger partial charge in [-0.1, -0.05) is 12.1 Å². The van der Waals surface area contributed by atoms with Gasteiger partial charge in [0.1, 0.15) is 5.82 Å². The maximum absolute atomic E-state index is 12.8. The number of carbonyl (C=O) groups excluding carboxylic acids is 1. The highest BCUT2D eigenvalue weighted by Gasteiger charge is 2.06. The van der Waals surface area contributed by atoms with Gasteiger partial charge in [0, 0.05) is 12.2 Å². The molecule has 0 atom stereocenters. The van der Waals surface area contributed by atoms with Gasteiger partial charge < -0.3 is 30.5 Å². The zero-order valence-electron chi connectivity index (χ0n) is 14.4. The van der Waals surface area contributed by atoms with E-state index >= 15 is 0 Å². The van der Waals surface area contributed by atoms with E-state index in [4.69, 9.17) is 29.7 Å². The highest BCUT2D eigenvalue weighted by atomic mass is 31.2. The van der Waals surface area contributed by atoms with E-state index in [2.05, 4.69) is 10.6 Å². The van der Waals surface area contributed by atoms with Crippen molar-refractivity contribution in [3.63, 3.8) is 0 Å². The normalized spacial score (nSPS) is 10.4. The number of phosphoric acid groups is 1. The van der Waals surface area contributed by atoms with Gasteiger partial charge in [-0.15, -0.1) is 0 Å². The number of halogens is 1. The molecule has 1 amide bonds. The number of rotatable bonds is 5. The lowest BCUT2D eigenvalue weighted by atomic mass is 10.2. The van der Waals surface area contributed by atoms with E-state index in [1.807, 2.05) is 0 Å². The van der Waals surface area contributed by atoms with Crippen LogP contribution in [0.2, 0.25) is 0 Å². The highest BCUT2D eigenvalue weighted by molar-refractivity contribution is 7.45. The van der Waals surface area contributed by atoms with E-state index < -0.39 is 13.9 Å². The van der Waals surface area contributed by atoms with Crippen molar-refractivity contribution in [3.8, 4) is 0 Å². The van der Waals surface area contributed by atoms with Gasteiger partial charge in [0.05, 0.1) is 18.0 Å². The number of carbonyl (C=O) groups is 1. The van der Waals surface area contributed by atoms with Crippen LogP contribution >= 0.6 is 7.82 Å². The summed E-state index contributed by atoms with van der Waals surface area (Å²) in [5, 5.41) is 5.74. The van der Waals surface area contributed by atoms with Crippen molar-refractivity contribution in [1.82, 2.24) is 0 Å². The van der Waals surface area contributed by atoms with Crippen LogP contribution in [0.1, 0.15) is 12.5 Å². The third-order valence-corrected chi connectivity index (χ3v) is 2.97. The van der Waals surface area contributed by atoms with Crippen LogP contribution < -0.4 is 16.4 Å². The summed E-state index contributed by atoms with van der Waals surface area (Å²) in [7, 11) is -4.64. The lowest BCUT2D eigenvalue weighted by molar-refractivity contribution is 0.168. The number of nitrogens with one attached hydrogen (secondary N) is 2. The topological polar surface area (TPSA) is 154 Å². The summed E-state index contributed by atoms with van der Waals surface area (Å²) in [5.74, 6) is -0.262. The summed E-state index contributed by atoms with van der Waals surface area (Å²) in [5.41, 5.74) is 8.57. The Morgan fingerprint density at radius 2 is 1.78 bits per heavy atom. The summed E-state index contributed by atoms with van der Waals surface area (Å²) < 4.78 is 26.5. The third-order valence-electron chi connectivity index (χ3n) is 2.97. The second-order valence-electron chi connectivity index (χ2n) is 5.14. The predicted molar refractivity (Wildman–Crippen MR) is 99.5 cm³/mol. The Bertz CT molecular complexity index is 789. The molecule has 0 unspecified atom stereocenters. The predicted octanol–water partition coefficient (Wildman–Crippen LogP) is 2.66. The molecule has 2 aromatic rings. The van der Waals surface area contributed by atoms with Crippen LogP contribution in [0.4, 0.5) is 26.2 Å². The molecule has 148 valence electrons. The molecule has 0 aliphatic heterocycles. The first-order valence-corrected chi connectivity index (χ1v) is 9.25. The fraction of sp³-hybridized carbons (Fsp3) is 0.188. The van der Waals surface area contributed by atoms with Crippen molar-refractivity contribution in [2.75, 3.05) is 23.0 Å². The highest BCUT2D eigenvalue weighted by Crippen LogP contribution is 2.26. The van der Waals surface area contributed by atoms with Gasteiger partial charge in [-0.3, -0.25) is 5.32 Å². The average Bonchev–Trinajstić information content (AvgIpc) is 2.55. The number of hydrogen-bond acceptors (Lipinski definition) is 5. The molecule has 0 bridgehead atoms. The molecule has 2 rings (SSSR count). The minimum atomic E-state index is -4.64. The second kappa shape index (κ2) is 10.5. The summed E-state index contributed by atoms with van der Waals surface area (Å²) in [6.45, 7) is 2.57. The molecule has 0 spiro atoms. The van der Waals surface area contributed by atoms with E-state index in [0.717, 1.165) is 11.3 Å². The van der Waals surface area contributed by atoms with Gasteiger partial charge in [0.15, 0.2) is 0 Å². The Morgan fingerprint density at radius 3 is 2.30 bits per heavy atom. The van der Waals surface area contributed by atoms with E-state index in [9.17, 15) is 9.18 Å². The average molecular weight is 401 g/mol. The van der Waals surface area contributed by atoms with Gasteiger partial charge in [-0.05, 0) is 42.8 Å². The van der Waals surface area contributed by atoms with E-state index in [0.29, 0.717) is 24.5 Å². The Labute approximate surface area is 155 Å². The molecule has 0 aliphatic carbocycles. The monoisotopic (exact) mass is 401 g/mol. The Hall–Kier alpha value is -2.65. The zero-order valence-corrected chi connectivity index (χ0v) is 15.3. The number of hydrogen-bond donors (Lipinski definition) is 6. The van der Waals surface area contributed by atoms with E-state index in [1.54, 1.807) is 37.3 Å². The Morgan fingerprint density at radius 1 is 1.19 bits per heavy atom. The number of nitrogen functional groups attached to an aromatic ring is 1. The van der Waals surface area contributed by atoms with Gasteiger partial charge >= 0.3 is 13.9 Å². The summed E-state index contributed by atoms with van der Waals surface area (Å²) in [4.78, 5) is 32.9. The summed E-state index contributed by atoms with van der Waals surface area (Å²) in [6.07, 6.45) is -0.541. The number of amides is 1. The minimum absolute atomic E-state index is 0.262. The van der Waals surface area contributed by atoms with Gasteiger partial charge in [-0.25, -0.2) is 13.8 Å². The van der Waals surface area contributed by atoms with Crippen LogP contribution in [-0.2, 0) is 15.8 Å². The molecule has 2 aromatic carbocycles. The standard InChI is InChI=1S/C16H18FN3O2.H3O4P/c1-2-22-16(21)20-15-8-7-13(9-14(15)18)19-10-11-3-5-12(17)6-4-11;1-5(2,3)4/h3-9,19H,2,10,18H2,1H3,(H,20,21);(H3,1,2,3,4). The first-order valence-electron chi connectivity index (χ1n) is 7.68. The van der Waals surface area contributed by atoms with Crippen molar-refractivity contribution in [2.45, 2.75) is 13.5 Å².